The lowest BCUT2D eigenvalue weighted by Gasteiger charge is -2.10. The van der Waals surface area contributed by atoms with Gasteiger partial charge in [0.25, 0.3) is 0 Å². The van der Waals surface area contributed by atoms with Crippen molar-refractivity contribution in [1.82, 2.24) is 0 Å². The second-order valence-corrected chi connectivity index (χ2v) is 5.45. The molecule has 1 N–H and O–H groups in total. The van der Waals surface area contributed by atoms with Crippen LogP contribution < -0.4 is 0 Å². The number of hydrogen-bond donors (Lipinski definition) is 1. The van der Waals surface area contributed by atoms with Crippen molar-refractivity contribution in [3.8, 4) is 0 Å². The Kier molecular flexibility index (Phi) is 9.54. The Balaban J connectivity index is 1.71. The lowest BCUT2D eigenvalue weighted by Crippen LogP contribution is -2.15. The highest BCUT2D eigenvalue weighted by atomic mass is 16.5. The predicted octanol–water partition coefficient (Wildman–Crippen LogP) is 3.15. The predicted molar refractivity (Wildman–Crippen MR) is 73.7 cm³/mol. The second kappa shape index (κ2) is 10.8. The number of aliphatic hydroxyl groups is 1. The van der Waals surface area contributed by atoms with Crippen LogP contribution in [0.2, 0.25) is 0 Å². The second-order valence-electron chi connectivity index (χ2n) is 5.45. The van der Waals surface area contributed by atoms with Crippen molar-refractivity contribution in [2.24, 2.45) is 5.92 Å². The molecule has 0 amide bonds. The Labute approximate surface area is 112 Å². The maximum atomic E-state index is 9.63. The molecule has 0 spiro atoms. The smallest absolute Gasteiger partial charge is 0.0773 e. The van der Waals surface area contributed by atoms with Gasteiger partial charge < -0.3 is 14.6 Å². The first-order valence-corrected chi connectivity index (χ1v) is 7.66. The van der Waals surface area contributed by atoms with E-state index in [9.17, 15) is 5.11 Å². The summed E-state index contributed by atoms with van der Waals surface area (Å²) in [4.78, 5) is 0. The fourth-order valence-electron chi connectivity index (χ4n) is 1.88. The maximum Gasteiger partial charge on any atom is 0.0773 e. The van der Waals surface area contributed by atoms with E-state index < -0.39 is 0 Å². The van der Waals surface area contributed by atoms with Gasteiger partial charge in [-0.3, -0.25) is 0 Å². The van der Waals surface area contributed by atoms with Gasteiger partial charge in [0, 0.05) is 19.8 Å². The van der Waals surface area contributed by atoms with Crippen LogP contribution >= 0.6 is 0 Å². The minimum Gasteiger partial charge on any atom is -0.391 e. The van der Waals surface area contributed by atoms with E-state index in [0.717, 1.165) is 51.4 Å². The molecule has 1 fully saturated rings. The average Bonchev–Trinajstić information content (AvgIpc) is 3.17. The molecule has 1 unspecified atom stereocenters. The molecule has 3 heteroatoms. The van der Waals surface area contributed by atoms with Gasteiger partial charge in [-0.05, 0) is 38.0 Å². The van der Waals surface area contributed by atoms with Crippen molar-refractivity contribution >= 4 is 0 Å². The summed E-state index contributed by atoms with van der Waals surface area (Å²) >= 11 is 0. The monoisotopic (exact) mass is 258 g/mol. The van der Waals surface area contributed by atoms with E-state index in [4.69, 9.17) is 9.47 Å². The molecule has 1 saturated carbocycles. The van der Waals surface area contributed by atoms with Gasteiger partial charge in [-0.1, -0.05) is 26.2 Å². The molecule has 1 atom stereocenters. The van der Waals surface area contributed by atoms with Crippen molar-refractivity contribution in [3.63, 3.8) is 0 Å². The Morgan fingerprint density at radius 1 is 1.06 bits per heavy atom. The molecule has 0 aromatic rings. The first-order valence-electron chi connectivity index (χ1n) is 7.66. The molecule has 1 aliphatic carbocycles. The molecule has 3 nitrogen and oxygen atoms in total. The summed E-state index contributed by atoms with van der Waals surface area (Å²) in [6, 6.07) is 0. The SMILES string of the molecule is CCCCCC(O)COCCCCOCC1CC1. The van der Waals surface area contributed by atoms with Gasteiger partial charge in [0.1, 0.15) is 0 Å². The summed E-state index contributed by atoms with van der Waals surface area (Å²) in [6.45, 7) is 5.23. The lowest BCUT2D eigenvalue weighted by molar-refractivity contribution is 0.0269. The summed E-state index contributed by atoms with van der Waals surface area (Å²) < 4.78 is 11.0. The molecule has 0 aromatic heterocycles. The van der Waals surface area contributed by atoms with Gasteiger partial charge in [-0.15, -0.1) is 0 Å². The van der Waals surface area contributed by atoms with Crippen molar-refractivity contribution in [1.29, 1.82) is 0 Å². The molecule has 0 saturated heterocycles. The van der Waals surface area contributed by atoms with Gasteiger partial charge in [-0.25, -0.2) is 0 Å². The topological polar surface area (TPSA) is 38.7 Å². The number of rotatable bonds is 13. The van der Waals surface area contributed by atoms with Crippen LogP contribution in [-0.4, -0.2) is 37.6 Å². The summed E-state index contributed by atoms with van der Waals surface area (Å²) in [7, 11) is 0. The molecule has 108 valence electrons. The van der Waals surface area contributed by atoms with Crippen LogP contribution in [0.1, 0.15) is 58.3 Å². The lowest BCUT2D eigenvalue weighted by atomic mass is 10.1. The zero-order chi connectivity index (χ0) is 13.1. The van der Waals surface area contributed by atoms with E-state index in [1.54, 1.807) is 0 Å². The Morgan fingerprint density at radius 3 is 2.44 bits per heavy atom. The first-order chi connectivity index (χ1) is 8.83. The van der Waals surface area contributed by atoms with Crippen molar-refractivity contribution in [3.05, 3.63) is 0 Å². The molecular weight excluding hydrogens is 228 g/mol. The molecule has 1 rings (SSSR count). The van der Waals surface area contributed by atoms with Crippen LogP contribution in [0.5, 0.6) is 0 Å². The zero-order valence-corrected chi connectivity index (χ0v) is 11.9. The van der Waals surface area contributed by atoms with Crippen molar-refractivity contribution in [2.75, 3.05) is 26.4 Å². The minimum atomic E-state index is -0.275. The van der Waals surface area contributed by atoms with E-state index >= 15 is 0 Å². The third kappa shape index (κ3) is 9.86. The molecule has 1 aliphatic rings. The highest BCUT2D eigenvalue weighted by Gasteiger charge is 2.20. The van der Waals surface area contributed by atoms with E-state index in [1.807, 2.05) is 0 Å². The molecule has 18 heavy (non-hydrogen) atoms. The van der Waals surface area contributed by atoms with E-state index in [-0.39, 0.29) is 6.10 Å². The van der Waals surface area contributed by atoms with E-state index in [1.165, 1.54) is 25.7 Å². The van der Waals surface area contributed by atoms with Gasteiger partial charge in [0.15, 0.2) is 0 Å². The summed E-state index contributed by atoms with van der Waals surface area (Å²) in [6.07, 6.45) is 8.93. The normalized spacial score (nSPS) is 17.0. The third-order valence-electron chi connectivity index (χ3n) is 3.33. The van der Waals surface area contributed by atoms with E-state index in [0.29, 0.717) is 6.61 Å². The number of hydrogen-bond acceptors (Lipinski definition) is 3. The van der Waals surface area contributed by atoms with Crippen LogP contribution in [0.25, 0.3) is 0 Å². The maximum absolute atomic E-state index is 9.63. The quantitative estimate of drug-likeness (QED) is 0.516. The molecule has 0 heterocycles. The van der Waals surface area contributed by atoms with Crippen LogP contribution in [0.3, 0.4) is 0 Å². The highest BCUT2D eigenvalue weighted by Crippen LogP contribution is 2.28. The summed E-state index contributed by atoms with van der Waals surface area (Å²) in [5.41, 5.74) is 0. The summed E-state index contributed by atoms with van der Waals surface area (Å²) in [5, 5.41) is 9.63. The Morgan fingerprint density at radius 2 is 1.78 bits per heavy atom. The zero-order valence-electron chi connectivity index (χ0n) is 11.9. The average molecular weight is 258 g/mol. The van der Waals surface area contributed by atoms with Gasteiger partial charge in [0.05, 0.1) is 12.7 Å². The fraction of sp³-hybridized carbons (Fsp3) is 1.00. The van der Waals surface area contributed by atoms with Crippen molar-refractivity contribution < 1.29 is 14.6 Å². The molecule has 0 radical (unpaired) electrons. The van der Waals surface area contributed by atoms with Gasteiger partial charge in [-0.2, -0.15) is 0 Å². The van der Waals surface area contributed by atoms with Crippen LogP contribution in [-0.2, 0) is 9.47 Å². The minimum absolute atomic E-state index is 0.275. The number of unbranched alkanes of at least 4 members (excludes halogenated alkanes) is 3. The molecule has 0 bridgehead atoms. The number of ether oxygens (including phenoxy) is 2. The van der Waals surface area contributed by atoms with Crippen LogP contribution in [0.4, 0.5) is 0 Å². The summed E-state index contributed by atoms with van der Waals surface area (Å²) in [5.74, 6) is 0.861. The van der Waals surface area contributed by atoms with Crippen LogP contribution in [0.15, 0.2) is 0 Å². The molecule has 0 aromatic carbocycles. The van der Waals surface area contributed by atoms with Gasteiger partial charge >= 0.3 is 0 Å². The van der Waals surface area contributed by atoms with E-state index in [2.05, 4.69) is 6.92 Å². The van der Waals surface area contributed by atoms with Crippen LogP contribution in [0, 0.1) is 5.92 Å². The van der Waals surface area contributed by atoms with Crippen molar-refractivity contribution in [2.45, 2.75) is 64.4 Å². The fourth-order valence-corrected chi connectivity index (χ4v) is 1.88. The first kappa shape index (κ1) is 15.9. The largest absolute Gasteiger partial charge is 0.391 e. The molecular formula is C15H30O3. The molecule has 0 aliphatic heterocycles. The number of aliphatic hydroxyl groups excluding tert-OH is 1. The Hall–Kier alpha value is -0.120. The Bertz CT molecular complexity index is 181. The van der Waals surface area contributed by atoms with Gasteiger partial charge in [0.2, 0.25) is 0 Å². The standard InChI is InChI=1S/C15H30O3/c1-2-3-4-7-15(16)13-18-11-6-5-10-17-12-14-8-9-14/h14-16H,2-13H2,1H3. The highest BCUT2D eigenvalue weighted by molar-refractivity contribution is 4.71. The third-order valence-corrected chi connectivity index (χ3v) is 3.33.